The molecule has 1 rings (SSSR count). The minimum Gasteiger partial charge on any atom is -0.390 e. The van der Waals surface area contributed by atoms with Gasteiger partial charge in [-0.05, 0) is 36.6 Å². The Hall–Kier alpha value is -0.380. The molecule has 2 unspecified atom stereocenters. The number of aryl methyl sites for hydroxylation is 1. The van der Waals surface area contributed by atoms with E-state index in [1.54, 1.807) is 11.3 Å². The van der Waals surface area contributed by atoms with E-state index in [0.29, 0.717) is 6.61 Å². The number of rotatable bonds is 6. The van der Waals surface area contributed by atoms with Crippen LogP contribution in [0.25, 0.3) is 0 Å². The van der Waals surface area contributed by atoms with E-state index < -0.39 is 6.10 Å². The van der Waals surface area contributed by atoms with E-state index in [1.165, 1.54) is 4.88 Å². The maximum absolute atomic E-state index is 10.3. The average molecular weight is 256 g/mol. The Balaban J connectivity index is 2.50. The van der Waals surface area contributed by atoms with Gasteiger partial charge in [-0.3, -0.25) is 0 Å². The molecule has 0 spiro atoms. The first-order chi connectivity index (χ1) is 7.95. The van der Waals surface area contributed by atoms with Crippen molar-refractivity contribution in [1.29, 1.82) is 0 Å². The minimum absolute atomic E-state index is 0.0229. The second kappa shape index (κ2) is 6.53. The van der Waals surface area contributed by atoms with E-state index >= 15 is 0 Å². The van der Waals surface area contributed by atoms with Crippen LogP contribution in [0.4, 0.5) is 0 Å². The monoisotopic (exact) mass is 256 g/mol. The van der Waals surface area contributed by atoms with Crippen molar-refractivity contribution in [3.8, 4) is 0 Å². The molecule has 17 heavy (non-hydrogen) atoms. The standard InChI is InChI=1S/C14H24O2S/c1-5-16-13(14(2,3)4)12(15)9-8-11-7-6-10-17-11/h6-7,10,12-13,15H,5,8-9H2,1-4H3. The molecule has 3 heteroatoms. The lowest BCUT2D eigenvalue weighted by atomic mass is 9.84. The quantitative estimate of drug-likeness (QED) is 0.844. The second-order valence-electron chi connectivity index (χ2n) is 5.43. The van der Waals surface area contributed by atoms with Crippen LogP contribution in [0.2, 0.25) is 0 Å². The first-order valence-corrected chi connectivity index (χ1v) is 7.15. The number of hydrogen-bond acceptors (Lipinski definition) is 3. The van der Waals surface area contributed by atoms with Gasteiger partial charge in [0.1, 0.15) is 0 Å². The van der Waals surface area contributed by atoms with Gasteiger partial charge in [0.25, 0.3) is 0 Å². The lowest BCUT2D eigenvalue weighted by molar-refractivity contribution is -0.0900. The van der Waals surface area contributed by atoms with Gasteiger partial charge in [0.2, 0.25) is 0 Å². The number of hydrogen-bond donors (Lipinski definition) is 1. The lowest BCUT2D eigenvalue weighted by Crippen LogP contribution is -2.40. The second-order valence-corrected chi connectivity index (χ2v) is 6.46. The smallest absolute Gasteiger partial charge is 0.0881 e. The van der Waals surface area contributed by atoms with E-state index in [4.69, 9.17) is 4.74 Å². The summed E-state index contributed by atoms with van der Waals surface area (Å²) < 4.78 is 5.69. The number of aliphatic hydroxyl groups excluding tert-OH is 1. The molecule has 0 aromatic carbocycles. The van der Waals surface area contributed by atoms with Crippen LogP contribution in [0.3, 0.4) is 0 Å². The lowest BCUT2D eigenvalue weighted by Gasteiger charge is -2.34. The molecule has 0 saturated carbocycles. The largest absolute Gasteiger partial charge is 0.390 e. The van der Waals surface area contributed by atoms with Crippen LogP contribution in [0.1, 0.15) is 39.0 Å². The molecule has 1 aromatic rings. The number of thiophene rings is 1. The Bertz CT molecular complexity index is 301. The predicted molar refractivity (Wildman–Crippen MR) is 73.5 cm³/mol. The molecule has 0 aliphatic carbocycles. The Morgan fingerprint density at radius 2 is 2.12 bits per heavy atom. The Labute approximate surface area is 109 Å². The Morgan fingerprint density at radius 1 is 1.41 bits per heavy atom. The average Bonchev–Trinajstić information content (AvgIpc) is 2.73. The molecule has 0 fully saturated rings. The van der Waals surface area contributed by atoms with Crippen LogP contribution in [-0.2, 0) is 11.2 Å². The summed E-state index contributed by atoms with van der Waals surface area (Å²) in [6, 6.07) is 4.17. The zero-order valence-electron chi connectivity index (χ0n) is 11.3. The molecule has 0 radical (unpaired) electrons. The van der Waals surface area contributed by atoms with Crippen molar-refractivity contribution in [3.63, 3.8) is 0 Å². The summed E-state index contributed by atoms with van der Waals surface area (Å²) in [6.07, 6.45) is 1.21. The molecular formula is C14H24O2S. The summed E-state index contributed by atoms with van der Waals surface area (Å²) in [5.41, 5.74) is -0.0229. The molecule has 0 aliphatic heterocycles. The van der Waals surface area contributed by atoms with Crippen LogP contribution in [-0.4, -0.2) is 23.9 Å². The van der Waals surface area contributed by atoms with E-state index in [9.17, 15) is 5.11 Å². The van der Waals surface area contributed by atoms with Crippen molar-refractivity contribution in [3.05, 3.63) is 22.4 Å². The zero-order valence-corrected chi connectivity index (χ0v) is 12.1. The van der Waals surface area contributed by atoms with Crippen molar-refractivity contribution in [2.24, 2.45) is 5.41 Å². The van der Waals surface area contributed by atoms with E-state index in [1.807, 2.05) is 6.92 Å². The molecule has 98 valence electrons. The SMILES string of the molecule is CCOC(C(O)CCc1cccs1)C(C)(C)C. The summed E-state index contributed by atoms with van der Waals surface area (Å²) in [5, 5.41) is 12.3. The molecule has 0 bridgehead atoms. The van der Waals surface area contributed by atoms with Crippen molar-refractivity contribution in [1.82, 2.24) is 0 Å². The third-order valence-electron chi connectivity index (χ3n) is 2.82. The van der Waals surface area contributed by atoms with Gasteiger partial charge < -0.3 is 9.84 Å². The van der Waals surface area contributed by atoms with Crippen molar-refractivity contribution in [2.45, 2.75) is 52.7 Å². The maximum Gasteiger partial charge on any atom is 0.0881 e. The highest BCUT2D eigenvalue weighted by Gasteiger charge is 2.31. The maximum atomic E-state index is 10.3. The van der Waals surface area contributed by atoms with Crippen LogP contribution >= 0.6 is 11.3 Å². The predicted octanol–water partition coefficient (Wildman–Crippen LogP) is 3.49. The van der Waals surface area contributed by atoms with Crippen molar-refractivity contribution >= 4 is 11.3 Å². The fourth-order valence-electron chi connectivity index (χ4n) is 2.01. The molecule has 2 nitrogen and oxygen atoms in total. The summed E-state index contributed by atoms with van der Waals surface area (Å²) in [6.45, 7) is 8.97. The molecule has 2 atom stereocenters. The van der Waals surface area contributed by atoms with Gasteiger partial charge in [-0.25, -0.2) is 0 Å². The van der Waals surface area contributed by atoms with Crippen molar-refractivity contribution < 1.29 is 9.84 Å². The molecule has 1 aromatic heterocycles. The molecule has 0 amide bonds. The topological polar surface area (TPSA) is 29.5 Å². The number of aliphatic hydroxyl groups is 1. The molecule has 1 heterocycles. The highest BCUT2D eigenvalue weighted by Crippen LogP contribution is 2.27. The van der Waals surface area contributed by atoms with Gasteiger partial charge in [0.05, 0.1) is 12.2 Å². The molecule has 1 N–H and O–H groups in total. The van der Waals surface area contributed by atoms with Crippen LogP contribution in [0, 0.1) is 5.41 Å². The van der Waals surface area contributed by atoms with E-state index in [-0.39, 0.29) is 11.5 Å². The van der Waals surface area contributed by atoms with Crippen molar-refractivity contribution in [2.75, 3.05) is 6.61 Å². The third kappa shape index (κ3) is 4.78. The fraction of sp³-hybridized carbons (Fsp3) is 0.714. The van der Waals surface area contributed by atoms with Gasteiger partial charge in [0, 0.05) is 11.5 Å². The molecule has 0 saturated heterocycles. The van der Waals surface area contributed by atoms with Gasteiger partial charge >= 0.3 is 0 Å². The zero-order chi connectivity index (χ0) is 12.9. The highest BCUT2D eigenvalue weighted by molar-refractivity contribution is 7.09. The summed E-state index contributed by atoms with van der Waals surface area (Å²) in [5.74, 6) is 0. The third-order valence-corrected chi connectivity index (χ3v) is 3.75. The summed E-state index contributed by atoms with van der Waals surface area (Å²) in [7, 11) is 0. The minimum atomic E-state index is -0.392. The first kappa shape index (κ1) is 14.7. The van der Waals surface area contributed by atoms with Gasteiger partial charge in [-0.1, -0.05) is 26.8 Å². The van der Waals surface area contributed by atoms with Gasteiger partial charge in [-0.15, -0.1) is 11.3 Å². The Morgan fingerprint density at radius 3 is 2.59 bits per heavy atom. The summed E-state index contributed by atoms with van der Waals surface area (Å²) >= 11 is 1.75. The molecule has 0 aliphatic rings. The fourth-order valence-corrected chi connectivity index (χ4v) is 2.74. The van der Waals surface area contributed by atoms with E-state index in [2.05, 4.69) is 38.3 Å². The molecular weight excluding hydrogens is 232 g/mol. The van der Waals surface area contributed by atoms with Gasteiger partial charge in [-0.2, -0.15) is 0 Å². The Kier molecular flexibility index (Phi) is 5.63. The van der Waals surface area contributed by atoms with Gasteiger partial charge in [0.15, 0.2) is 0 Å². The normalized spacial score (nSPS) is 15.8. The number of ether oxygens (including phenoxy) is 1. The highest BCUT2D eigenvalue weighted by atomic mass is 32.1. The van der Waals surface area contributed by atoms with Crippen LogP contribution in [0.5, 0.6) is 0 Å². The van der Waals surface area contributed by atoms with Crippen LogP contribution < -0.4 is 0 Å². The van der Waals surface area contributed by atoms with E-state index in [0.717, 1.165) is 12.8 Å². The van der Waals surface area contributed by atoms with Crippen LogP contribution in [0.15, 0.2) is 17.5 Å². The summed E-state index contributed by atoms with van der Waals surface area (Å²) in [4.78, 5) is 1.33. The first-order valence-electron chi connectivity index (χ1n) is 6.27.